The molecular formula is C14H32IN5S. The molecule has 0 spiro atoms. The van der Waals surface area contributed by atoms with Crippen molar-refractivity contribution in [3.8, 4) is 0 Å². The molecule has 1 saturated heterocycles. The average molecular weight is 429 g/mol. The van der Waals surface area contributed by atoms with E-state index in [9.17, 15) is 0 Å². The minimum atomic E-state index is 0. The standard InChI is InChI=1S/C14H31N5S.HI/c1-15-14(16-7-5-6-10-20-4)17-11-13-12-18(2)8-9-19(13)3;/h13H,5-12H2,1-4H3,(H2,15,16,17);1H. The van der Waals surface area contributed by atoms with Gasteiger partial charge < -0.3 is 15.5 Å². The Bertz CT molecular complexity index is 291. The van der Waals surface area contributed by atoms with Crippen LogP contribution < -0.4 is 10.6 Å². The molecule has 1 rings (SSSR count). The number of nitrogens with one attached hydrogen (secondary N) is 2. The Kier molecular flexibility index (Phi) is 12.9. The van der Waals surface area contributed by atoms with Crippen molar-refractivity contribution in [1.82, 2.24) is 20.4 Å². The number of hydrogen-bond donors (Lipinski definition) is 2. The van der Waals surface area contributed by atoms with E-state index in [2.05, 4.69) is 45.8 Å². The molecular weight excluding hydrogens is 397 g/mol. The summed E-state index contributed by atoms with van der Waals surface area (Å²) in [7, 11) is 6.24. The Hall–Kier alpha value is 0.270. The first-order chi connectivity index (χ1) is 9.67. The van der Waals surface area contributed by atoms with Crippen LogP contribution in [0.2, 0.25) is 0 Å². The van der Waals surface area contributed by atoms with Crippen molar-refractivity contribution in [1.29, 1.82) is 0 Å². The Morgan fingerprint density at radius 2 is 2.00 bits per heavy atom. The van der Waals surface area contributed by atoms with Gasteiger partial charge in [-0.1, -0.05) is 0 Å². The van der Waals surface area contributed by atoms with Crippen LogP contribution in [0.5, 0.6) is 0 Å². The number of nitrogens with zero attached hydrogens (tertiary/aromatic N) is 3. The lowest BCUT2D eigenvalue weighted by Gasteiger charge is -2.37. The van der Waals surface area contributed by atoms with Crippen molar-refractivity contribution in [2.45, 2.75) is 18.9 Å². The van der Waals surface area contributed by atoms with E-state index in [-0.39, 0.29) is 24.0 Å². The summed E-state index contributed by atoms with van der Waals surface area (Å²) in [5.41, 5.74) is 0. The Morgan fingerprint density at radius 3 is 2.67 bits per heavy atom. The van der Waals surface area contributed by atoms with Gasteiger partial charge >= 0.3 is 0 Å². The van der Waals surface area contributed by atoms with Crippen LogP contribution in [-0.2, 0) is 0 Å². The highest BCUT2D eigenvalue weighted by Crippen LogP contribution is 2.04. The van der Waals surface area contributed by atoms with E-state index in [4.69, 9.17) is 0 Å². The monoisotopic (exact) mass is 429 g/mol. The van der Waals surface area contributed by atoms with Crippen molar-refractivity contribution >= 4 is 41.7 Å². The van der Waals surface area contributed by atoms with Gasteiger partial charge in [0, 0.05) is 45.8 Å². The third-order valence-electron chi connectivity index (χ3n) is 3.78. The maximum atomic E-state index is 4.29. The van der Waals surface area contributed by atoms with Crippen LogP contribution in [0.15, 0.2) is 4.99 Å². The van der Waals surface area contributed by atoms with Crippen molar-refractivity contribution < 1.29 is 0 Å². The molecule has 1 aliphatic heterocycles. The quantitative estimate of drug-likeness (QED) is 0.275. The minimum absolute atomic E-state index is 0. The molecule has 0 aliphatic carbocycles. The molecule has 126 valence electrons. The number of hydrogen-bond acceptors (Lipinski definition) is 4. The van der Waals surface area contributed by atoms with Crippen molar-refractivity contribution in [2.75, 3.05) is 65.9 Å². The smallest absolute Gasteiger partial charge is 0.191 e. The first kappa shape index (κ1) is 21.3. The number of aliphatic imine (C=N–C) groups is 1. The van der Waals surface area contributed by atoms with E-state index in [0.717, 1.165) is 38.7 Å². The summed E-state index contributed by atoms with van der Waals surface area (Å²) in [4.78, 5) is 9.11. The largest absolute Gasteiger partial charge is 0.356 e. The molecule has 1 aliphatic rings. The number of rotatable bonds is 7. The maximum absolute atomic E-state index is 4.29. The van der Waals surface area contributed by atoms with Crippen LogP contribution in [0.1, 0.15) is 12.8 Å². The van der Waals surface area contributed by atoms with E-state index in [1.807, 2.05) is 18.8 Å². The van der Waals surface area contributed by atoms with Crippen LogP contribution in [0, 0.1) is 0 Å². The Morgan fingerprint density at radius 1 is 1.24 bits per heavy atom. The second kappa shape index (κ2) is 12.8. The molecule has 0 amide bonds. The molecule has 0 saturated carbocycles. The summed E-state index contributed by atoms with van der Waals surface area (Å²) in [6.07, 6.45) is 4.63. The molecule has 0 aromatic carbocycles. The van der Waals surface area contributed by atoms with Gasteiger partial charge in [0.05, 0.1) is 0 Å². The second-order valence-corrected chi connectivity index (χ2v) is 6.46. The SMILES string of the molecule is CN=C(NCCCCSC)NCC1CN(C)CCN1C.I. The molecule has 7 heteroatoms. The number of likely N-dealkylation sites (N-methyl/N-ethyl adjacent to an activating group) is 2. The van der Waals surface area contributed by atoms with Gasteiger partial charge in [-0.05, 0) is 38.9 Å². The van der Waals surface area contributed by atoms with Gasteiger partial charge in [-0.15, -0.1) is 24.0 Å². The summed E-state index contributed by atoms with van der Waals surface area (Å²) in [5.74, 6) is 2.17. The maximum Gasteiger partial charge on any atom is 0.191 e. The molecule has 1 heterocycles. The minimum Gasteiger partial charge on any atom is -0.356 e. The average Bonchev–Trinajstić information content (AvgIpc) is 2.45. The lowest BCUT2D eigenvalue weighted by molar-refractivity contribution is 0.116. The Balaban J connectivity index is 0.00000400. The zero-order valence-corrected chi connectivity index (χ0v) is 17.0. The highest BCUT2D eigenvalue weighted by molar-refractivity contribution is 14.0. The topological polar surface area (TPSA) is 42.9 Å². The number of halogens is 1. The molecule has 21 heavy (non-hydrogen) atoms. The highest BCUT2D eigenvalue weighted by Gasteiger charge is 2.21. The molecule has 0 radical (unpaired) electrons. The van der Waals surface area contributed by atoms with E-state index < -0.39 is 0 Å². The van der Waals surface area contributed by atoms with Gasteiger partial charge in [0.15, 0.2) is 5.96 Å². The summed E-state index contributed by atoms with van der Waals surface area (Å²) in [5, 5.41) is 6.84. The van der Waals surface area contributed by atoms with Crippen LogP contribution in [0.25, 0.3) is 0 Å². The molecule has 0 aromatic heterocycles. The van der Waals surface area contributed by atoms with Crippen LogP contribution >= 0.6 is 35.7 Å². The van der Waals surface area contributed by atoms with Gasteiger partial charge in [-0.3, -0.25) is 9.89 Å². The van der Waals surface area contributed by atoms with Gasteiger partial charge in [-0.25, -0.2) is 0 Å². The lowest BCUT2D eigenvalue weighted by atomic mass is 10.2. The van der Waals surface area contributed by atoms with Crippen molar-refractivity contribution in [2.24, 2.45) is 4.99 Å². The van der Waals surface area contributed by atoms with E-state index in [1.165, 1.54) is 18.6 Å². The van der Waals surface area contributed by atoms with Crippen LogP contribution in [0.3, 0.4) is 0 Å². The fraction of sp³-hybridized carbons (Fsp3) is 0.929. The van der Waals surface area contributed by atoms with Gasteiger partial charge in [0.2, 0.25) is 0 Å². The van der Waals surface area contributed by atoms with Gasteiger partial charge in [0.1, 0.15) is 0 Å². The third kappa shape index (κ3) is 9.10. The fourth-order valence-electron chi connectivity index (χ4n) is 2.34. The highest BCUT2D eigenvalue weighted by atomic mass is 127. The van der Waals surface area contributed by atoms with Crippen molar-refractivity contribution in [3.05, 3.63) is 0 Å². The van der Waals surface area contributed by atoms with E-state index >= 15 is 0 Å². The summed E-state index contributed by atoms with van der Waals surface area (Å²) in [6.45, 7) is 5.37. The number of guanidine groups is 1. The molecule has 5 nitrogen and oxygen atoms in total. The summed E-state index contributed by atoms with van der Waals surface area (Å²) >= 11 is 1.91. The van der Waals surface area contributed by atoms with E-state index in [0.29, 0.717) is 6.04 Å². The molecule has 0 aromatic rings. The molecule has 1 atom stereocenters. The normalized spacial score (nSPS) is 21.0. The number of thioether (sulfide) groups is 1. The van der Waals surface area contributed by atoms with Crippen molar-refractivity contribution in [3.63, 3.8) is 0 Å². The fourth-order valence-corrected chi connectivity index (χ4v) is 2.83. The molecule has 1 fully saturated rings. The Labute approximate surface area is 151 Å². The zero-order chi connectivity index (χ0) is 14.8. The lowest BCUT2D eigenvalue weighted by Crippen LogP contribution is -2.55. The predicted octanol–water partition coefficient (Wildman–Crippen LogP) is 1.16. The van der Waals surface area contributed by atoms with E-state index in [1.54, 1.807) is 0 Å². The molecule has 1 unspecified atom stereocenters. The summed E-state index contributed by atoms with van der Waals surface area (Å²) < 4.78 is 0. The predicted molar refractivity (Wildman–Crippen MR) is 106 cm³/mol. The van der Waals surface area contributed by atoms with Crippen LogP contribution in [-0.4, -0.2) is 87.7 Å². The second-order valence-electron chi connectivity index (χ2n) is 5.48. The number of unbranched alkanes of at least 4 members (excludes halogenated alkanes) is 1. The van der Waals surface area contributed by atoms with Gasteiger partial charge in [-0.2, -0.15) is 11.8 Å². The van der Waals surface area contributed by atoms with Crippen LogP contribution in [0.4, 0.5) is 0 Å². The number of piperazine rings is 1. The third-order valence-corrected chi connectivity index (χ3v) is 4.47. The molecule has 0 bridgehead atoms. The van der Waals surface area contributed by atoms with Gasteiger partial charge in [0.25, 0.3) is 0 Å². The first-order valence-electron chi connectivity index (χ1n) is 7.49. The summed E-state index contributed by atoms with van der Waals surface area (Å²) in [6, 6.07) is 0.559. The molecule has 2 N–H and O–H groups in total. The zero-order valence-electron chi connectivity index (χ0n) is 13.9. The first-order valence-corrected chi connectivity index (χ1v) is 8.89.